The lowest BCUT2D eigenvalue weighted by molar-refractivity contribution is 0.0258. The van der Waals surface area contributed by atoms with Crippen LogP contribution in [0.25, 0.3) is 0 Å². The number of ether oxygens (including phenoxy) is 2. The topological polar surface area (TPSA) is 54.9 Å². The highest BCUT2D eigenvalue weighted by molar-refractivity contribution is 14.0. The second-order valence-electron chi connectivity index (χ2n) is 7.01. The minimum Gasteiger partial charge on any atom is -0.381 e. The van der Waals surface area contributed by atoms with Gasteiger partial charge in [0.25, 0.3) is 0 Å². The van der Waals surface area contributed by atoms with Gasteiger partial charge < -0.3 is 20.1 Å². The van der Waals surface area contributed by atoms with E-state index in [9.17, 15) is 0 Å². The van der Waals surface area contributed by atoms with Gasteiger partial charge in [-0.2, -0.15) is 0 Å². The van der Waals surface area contributed by atoms with Crippen molar-refractivity contribution in [2.75, 3.05) is 40.0 Å². The quantitative estimate of drug-likeness (QED) is 0.172. The van der Waals surface area contributed by atoms with E-state index in [0.717, 1.165) is 64.6 Å². The maximum atomic E-state index is 5.78. The monoisotopic (exact) mass is 505 g/mol. The van der Waals surface area contributed by atoms with Crippen molar-refractivity contribution in [1.82, 2.24) is 10.6 Å². The summed E-state index contributed by atoms with van der Waals surface area (Å²) in [5, 5.41) is 6.73. The first kappa shape index (κ1) is 27.1. The van der Waals surface area contributed by atoms with Crippen molar-refractivity contribution in [3.05, 3.63) is 35.9 Å². The van der Waals surface area contributed by atoms with E-state index in [1.54, 1.807) is 0 Å². The number of unbranched alkanes of at least 4 members (excludes halogenated alkanes) is 1. The van der Waals surface area contributed by atoms with Gasteiger partial charge in [0, 0.05) is 33.4 Å². The van der Waals surface area contributed by atoms with Gasteiger partial charge in [0.2, 0.25) is 0 Å². The molecule has 0 aliphatic heterocycles. The van der Waals surface area contributed by atoms with E-state index in [1.165, 1.54) is 5.56 Å². The van der Waals surface area contributed by atoms with E-state index in [2.05, 4.69) is 60.7 Å². The van der Waals surface area contributed by atoms with Gasteiger partial charge in [0.05, 0.1) is 12.7 Å². The molecule has 0 aliphatic carbocycles. The standard InChI is InChI=1S/C22H39N3O2.HI/c1-5-27-21(19(2)3)13-16-25-22(23-4)24-15-9-10-17-26-18-14-20-11-7-6-8-12-20;/h6-8,11-12,19,21H,5,9-10,13-18H2,1-4H3,(H2,23,24,25);1H. The Labute approximate surface area is 189 Å². The molecule has 0 saturated carbocycles. The fourth-order valence-electron chi connectivity index (χ4n) is 2.85. The zero-order valence-corrected chi connectivity index (χ0v) is 20.4. The Balaban J connectivity index is 0.00000729. The summed E-state index contributed by atoms with van der Waals surface area (Å²) >= 11 is 0. The van der Waals surface area contributed by atoms with Crippen LogP contribution in [-0.4, -0.2) is 52.0 Å². The number of hydrogen-bond donors (Lipinski definition) is 2. The number of hydrogen-bond acceptors (Lipinski definition) is 3. The lowest BCUT2D eigenvalue weighted by Gasteiger charge is -2.21. The molecule has 1 aromatic carbocycles. The van der Waals surface area contributed by atoms with Crippen molar-refractivity contribution in [2.24, 2.45) is 10.9 Å². The molecule has 0 bridgehead atoms. The van der Waals surface area contributed by atoms with E-state index in [4.69, 9.17) is 9.47 Å². The number of nitrogens with one attached hydrogen (secondary N) is 2. The molecule has 0 aliphatic rings. The van der Waals surface area contributed by atoms with Crippen molar-refractivity contribution in [3.8, 4) is 0 Å². The molecule has 28 heavy (non-hydrogen) atoms. The van der Waals surface area contributed by atoms with Crippen molar-refractivity contribution in [1.29, 1.82) is 0 Å². The highest BCUT2D eigenvalue weighted by atomic mass is 127. The summed E-state index contributed by atoms with van der Waals surface area (Å²) < 4.78 is 11.5. The molecule has 5 nitrogen and oxygen atoms in total. The Kier molecular flexibility index (Phi) is 17.6. The first-order valence-corrected chi connectivity index (χ1v) is 10.3. The summed E-state index contributed by atoms with van der Waals surface area (Å²) in [6, 6.07) is 10.5. The Bertz CT molecular complexity index is 498. The Morgan fingerprint density at radius 3 is 2.39 bits per heavy atom. The molecule has 0 radical (unpaired) electrons. The number of benzene rings is 1. The molecule has 0 spiro atoms. The highest BCUT2D eigenvalue weighted by Gasteiger charge is 2.12. The average Bonchev–Trinajstić information content (AvgIpc) is 2.68. The predicted molar refractivity (Wildman–Crippen MR) is 130 cm³/mol. The van der Waals surface area contributed by atoms with Gasteiger partial charge in [-0.3, -0.25) is 4.99 Å². The number of halogens is 1. The van der Waals surface area contributed by atoms with E-state index >= 15 is 0 Å². The third-order valence-corrected chi connectivity index (χ3v) is 4.46. The van der Waals surface area contributed by atoms with Crippen molar-refractivity contribution in [2.45, 2.75) is 52.6 Å². The maximum absolute atomic E-state index is 5.78. The smallest absolute Gasteiger partial charge is 0.190 e. The van der Waals surface area contributed by atoms with E-state index in [0.29, 0.717) is 12.0 Å². The molecule has 2 N–H and O–H groups in total. The molecular weight excluding hydrogens is 465 g/mol. The van der Waals surface area contributed by atoms with Gasteiger partial charge in [-0.1, -0.05) is 44.2 Å². The van der Waals surface area contributed by atoms with Crippen LogP contribution in [0.4, 0.5) is 0 Å². The summed E-state index contributed by atoms with van der Waals surface area (Å²) in [5.74, 6) is 1.39. The zero-order chi connectivity index (χ0) is 19.7. The van der Waals surface area contributed by atoms with Crippen LogP contribution in [0.5, 0.6) is 0 Å². The van der Waals surface area contributed by atoms with Crippen LogP contribution in [0.2, 0.25) is 0 Å². The molecular formula is C22H40IN3O2. The first-order chi connectivity index (χ1) is 13.2. The number of aliphatic imine (C=N–C) groups is 1. The third kappa shape index (κ3) is 13.3. The van der Waals surface area contributed by atoms with Crippen LogP contribution in [0.1, 0.15) is 45.6 Å². The number of nitrogens with zero attached hydrogens (tertiary/aromatic N) is 1. The summed E-state index contributed by atoms with van der Waals surface area (Å²) in [7, 11) is 1.81. The summed E-state index contributed by atoms with van der Waals surface area (Å²) in [5.41, 5.74) is 1.33. The zero-order valence-electron chi connectivity index (χ0n) is 18.1. The molecule has 1 aromatic rings. The Hall–Kier alpha value is -0.860. The van der Waals surface area contributed by atoms with E-state index in [-0.39, 0.29) is 24.0 Å². The molecule has 0 aromatic heterocycles. The van der Waals surface area contributed by atoms with Crippen LogP contribution in [0.15, 0.2) is 35.3 Å². The van der Waals surface area contributed by atoms with Crippen molar-refractivity contribution in [3.63, 3.8) is 0 Å². The van der Waals surface area contributed by atoms with Gasteiger partial charge in [-0.05, 0) is 44.1 Å². The van der Waals surface area contributed by atoms with Crippen molar-refractivity contribution < 1.29 is 9.47 Å². The van der Waals surface area contributed by atoms with Crippen LogP contribution < -0.4 is 10.6 Å². The second kappa shape index (κ2) is 18.2. The molecule has 1 unspecified atom stereocenters. The molecule has 6 heteroatoms. The molecule has 1 rings (SSSR count). The molecule has 0 heterocycles. The maximum Gasteiger partial charge on any atom is 0.190 e. The van der Waals surface area contributed by atoms with Crippen LogP contribution in [-0.2, 0) is 15.9 Å². The summed E-state index contributed by atoms with van der Waals surface area (Å²) in [4.78, 5) is 4.28. The SMILES string of the molecule is CCOC(CCNC(=NC)NCCCCOCCc1ccccc1)C(C)C.I. The van der Waals surface area contributed by atoms with Gasteiger partial charge in [-0.15, -0.1) is 24.0 Å². The summed E-state index contributed by atoms with van der Waals surface area (Å²) in [6.07, 6.45) is 4.39. The van der Waals surface area contributed by atoms with Crippen LogP contribution >= 0.6 is 24.0 Å². The minimum absolute atomic E-state index is 0. The van der Waals surface area contributed by atoms with Crippen LogP contribution in [0, 0.1) is 5.92 Å². The fraction of sp³-hybridized carbons (Fsp3) is 0.682. The molecule has 1 atom stereocenters. The van der Waals surface area contributed by atoms with Crippen molar-refractivity contribution >= 4 is 29.9 Å². The molecule has 0 fully saturated rings. The van der Waals surface area contributed by atoms with Gasteiger partial charge in [0.15, 0.2) is 5.96 Å². The van der Waals surface area contributed by atoms with Gasteiger partial charge in [-0.25, -0.2) is 0 Å². The molecule has 162 valence electrons. The predicted octanol–water partition coefficient (Wildman–Crippen LogP) is 4.26. The lowest BCUT2D eigenvalue weighted by atomic mass is 10.0. The first-order valence-electron chi connectivity index (χ1n) is 10.3. The Morgan fingerprint density at radius 2 is 1.75 bits per heavy atom. The normalized spacial score (nSPS) is 12.5. The Morgan fingerprint density at radius 1 is 1.04 bits per heavy atom. The largest absolute Gasteiger partial charge is 0.381 e. The highest BCUT2D eigenvalue weighted by Crippen LogP contribution is 2.09. The van der Waals surface area contributed by atoms with Crippen LogP contribution in [0.3, 0.4) is 0 Å². The number of guanidine groups is 1. The van der Waals surface area contributed by atoms with Gasteiger partial charge >= 0.3 is 0 Å². The van der Waals surface area contributed by atoms with E-state index < -0.39 is 0 Å². The lowest BCUT2D eigenvalue weighted by Crippen LogP contribution is -2.39. The number of rotatable bonds is 14. The average molecular weight is 505 g/mol. The van der Waals surface area contributed by atoms with E-state index in [1.807, 2.05) is 13.1 Å². The minimum atomic E-state index is 0. The summed E-state index contributed by atoms with van der Waals surface area (Å²) in [6.45, 7) is 10.6. The second-order valence-corrected chi connectivity index (χ2v) is 7.01. The fourth-order valence-corrected chi connectivity index (χ4v) is 2.85. The molecule has 0 saturated heterocycles. The molecule has 0 amide bonds. The van der Waals surface area contributed by atoms with Gasteiger partial charge in [0.1, 0.15) is 0 Å². The third-order valence-electron chi connectivity index (χ3n) is 4.46.